The van der Waals surface area contributed by atoms with Crippen LogP contribution in [0.15, 0.2) is 41.6 Å². The van der Waals surface area contributed by atoms with Gasteiger partial charge in [-0.05, 0) is 75.0 Å². The first kappa shape index (κ1) is 23.2. The molecule has 7 nitrogen and oxygen atoms in total. The van der Waals surface area contributed by atoms with Gasteiger partial charge in [-0.3, -0.25) is 14.5 Å². The van der Waals surface area contributed by atoms with Crippen molar-refractivity contribution in [2.45, 2.75) is 46.1 Å². The summed E-state index contributed by atoms with van der Waals surface area (Å²) in [6, 6.07) is 10.3. The molecule has 1 amide bonds. The second-order valence-corrected chi connectivity index (χ2v) is 9.17. The highest BCUT2D eigenvalue weighted by Gasteiger charge is 2.36. The van der Waals surface area contributed by atoms with Crippen LogP contribution in [0.2, 0.25) is 0 Å². The molecule has 33 heavy (non-hydrogen) atoms. The maximum atomic E-state index is 13.5. The van der Waals surface area contributed by atoms with Gasteiger partial charge in [0.25, 0.3) is 5.91 Å². The summed E-state index contributed by atoms with van der Waals surface area (Å²) in [6.07, 6.45) is 4.38. The highest BCUT2D eigenvalue weighted by atomic mass is 16.5. The Balaban J connectivity index is 1.54. The minimum atomic E-state index is -0.164. The largest absolute Gasteiger partial charge is 0.466 e. The lowest BCUT2D eigenvalue weighted by Crippen LogP contribution is -2.45. The standard InChI is InChI=1S/C26H34N4O3/c1-5-33-26(32)21-8-6-13-29(16-21)17-25(31)30-24(23-9-7-12-28(23)4)15-22(27-30)20-11-10-18(2)19(3)14-20/h7,9-12,14,21,24H,5-6,8,13,15-17H2,1-4H3. The number of benzene rings is 1. The topological polar surface area (TPSA) is 67.1 Å². The van der Waals surface area contributed by atoms with Crippen LogP contribution in [0, 0.1) is 19.8 Å². The summed E-state index contributed by atoms with van der Waals surface area (Å²) < 4.78 is 7.27. The molecule has 2 atom stereocenters. The second kappa shape index (κ2) is 9.91. The van der Waals surface area contributed by atoms with Gasteiger partial charge < -0.3 is 9.30 Å². The van der Waals surface area contributed by atoms with Crippen LogP contribution in [0.5, 0.6) is 0 Å². The van der Waals surface area contributed by atoms with Gasteiger partial charge in [-0.15, -0.1) is 0 Å². The fourth-order valence-electron chi connectivity index (χ4n) is 4.80. The molecule has 2 unspecified atom stereocenters. The maximum absolute atomic E-state index is 13.5. The normalized spacial score (nSPS) is 21.2. The van der Waals surface area contributed by atoms with Crippen LogP contribution in [0.1, 0.15) is 54.6 Å². The predicted molar refractivity (Wildman–Crippen MR) is 128 cm³/mol. The predicted octanol–water partition coefficient (Wildman–Crippen LogP) is 3.59. The SMILES string of the molecule is CCOC(=O)C1CCCN(CC(=O)N2N=C(c3ccc(C)c(C)c3)CC2c2cccn2C)C1. The number of piperidine rings is 1. The number of hydrogen-bond donors (Lipinski definition) is 0. The number of nitrogens with zero attached hydrogens (tertiary/aromatic N) is 4. The molecule has 2 aliphatic rings. The summed E-state index contributed by atoms with van der Waals surface area (Å²) in [4.78, 5) is 27.8. The number of carbonyl (C=O) groups is 2. The molecule has 1 aromatic carbocycles. The van der Waals surface area contributed by atoms with Crippen molar-refractivity contribution in [2.75, 3.05) is 26.2 Å². The molecule has 0 radical (unpaired) electrons. The first-order valence-corrected chi connectivity index (χ1v) is 11.8. The quantitative estimate of drug-likeness (QED) is 0.631. The number of amides is 1. The molecular formula is C26H34N4O3. The molecule has 0 aliphatic carbocycles. The van der Waals surface area contributed by atoms with Gasteiger partial charge in [0, 0.05) is 31.9 Å². The summed E-state index contributed by atoms with van der Waals surface area (Å²) in [5.41, 5.74) is 5.52. The lowest BCUT2D eigenvalue weighted by molar-refractivity contribution is -0.150. The number of rotatable bonds is 6. The van der Waals surface area contributed by atoms with E-state index >= 15 is 0 Å². The first-order chi connectivity index (χ1) is 15.9. The molecule has 0 spiro atoms. The van der Waals surface area contributed by atoms with Gasteiger partial charge >= 0.3 is 5.97 Å². The third-order valence-corrected chi connectivity index (χ3v) is 6.82. The van der Waals surface area contributed by atoms with Gasteiger partial charge in [0.1, 0.15) is 6.04 Å². The number of carbonyl (C=O) groups excluding carboxylic acids is 2. The Labute approximate surface area is 196 Å². The maximum Gasteiger partial charge on any atom is 0.310 e. The molecule has 1 fully saturated rings. The van der Waals surface area contributed by atoms with E-state index in [1.807, 2.05) is 26.2 Å². The Kier molecular flexibility index (Phi) is 6.98. The summed E-state index contributed by atoms with van der Waals surface area (Å²) >= 11 is 0. The molecule has 4 rings (SSSR count). The average molecular weight is 451 g/mol. The lowest BCUT2D eigenvalue weighted by atomic mass is 9.98. The Hall–Kier alpha value is -2.93. The smallest absolute Gasteiger partial charge is 0.310 e. The monoisotopic (exact) mass is 450 g/mol. The number of hydrogen-bond acceptors (Lipinski definition) is 5. The van der Waals surface area contributed by atoms with E-state index in [1.54, 1.807) is 5.01 Å². The van der Waals surface area contributed by atoms with Gasteiger partial charge in [-0.25, -0.2) is 5.01 Å². The number of likely N-dealkylation sites (tertiary alicyclic amines) is 1. The van der Waals surface area contributed by atoms with E-state index in [0.29, 0.717) is 19.6 Å². The summed E-state index contributed by atoms with van der Waals surface area (Å²) in [5, 5.41) is 6.49. The summed E-state index contributed by atoms with van der Waals surface area (Å²) in [5.74, 6) is -0.361. The number of ether oxygens (including phenoxy) is 1. The molecule has 0 bridgehead atoms. The fourth-order valence-corrected chi connectivity index (χ4v) is 4.80. The summed E-state index contributed by atoms with van der Waals surface area (Å²) in [6.45, 7) is 8.02. The van der Waals surface area contributed by atoms with E-state index in [2.05, 4.69) is 47.6 Å². The molecule has 2 aliphatic heterocycles. The third-order valence-electron chi connectivity index (χ3n) is 6.82. The van der Waals surface area contributed by atoms with Gasteiger partial charge in [0.05, 0.1) is 24.8 Å². The molecule has 176 valence electrons. The van der Waals surface area contributed by atoms with E-state index in [1.165, 1.54) is 11.1 Å². The molecule has 7 heteroatoms. The van der Waals surface area contributed by atoms with E-state index in [4.69, 9.17) is 9.84 Å². The minimum Gasteiger partial charge on any atom is -0.466 e. The Morgan fingerprint density at radius 3 is 2.70 bits per heavy atom. The molecular weight excluding hydrogens is 416 g/mol. The van der Waals surface area contributed by atoms with Crippen LogP contribution in [0.25, 0.3) is 0 Å². The van der Waals surface area contributed by atoms with Gasteiger partial charge in [-0.1, -0.05) is 12.1 Å². The molecule has 1 aromatic heterocycles. The number of esters is 1. The molecule has 1 saturated heterocycles. The number of aromatic nitrogens is 1. The fraction of sp³-hybridized carbons (Fsp3) is 0.500. The van der Waals surface area contributed by atoms with Crippen LogP contribution in [-0.2, 0) is 21.4 Å². The molecule has 2 aromatic rings. The summed E-state index contributed by atoms with van der Waals surface area (Å²) in [7, 11) is 2.00. The zero-order chi connectivity index (χ0) is 23.5. The minimum absolute atomic E-state index is 0.0375. The van der Waals surface area contributed by atoms with Crippen LogP contribution in [0.4, 0.5) is 0 Å². The van der Waals surface area contributed by atoms with Crippen molar-refractivity contribution in [1.29, 1.82) is 0 Å². The molecule has 0 N–H and O–H groups in total. The first-order valence-electron chi connectivity index (χ1n) is 11.8. The van der Waals surface area contributed by atoms with Gasteiger partial charge in [0.2, 0.25) is 0 Å². The van der Waals surface area contributed by atoms with Crippen LogP contribution >= 0.6 is 0 Å². The van der Waals surface area contributed by atoms with E-state index in [-0.39, 0.29) is 30.4 Å². The van der Waals surface area contributed by atoms with Crippen molar-refractivity contribution in [2.24, 2.45) is 18.1 Å². The van der Waals surface area contributed by atoms with E-state index < -0.39 is 0 Å². The van der Waals surface area contributed by atoms with E-state index in [9.17, 15) is 9.59 Å². The zero-order valence-electron chi connectivity index (χ0n) is 20.1. The van der Waals surface area contributed by atoms with Crippen molar-refractivity contribution in [3.05, 3.63) is 58.9 Å². The van der Waals surface area contributed by atoms with Gasteiger partial charge in [-0.2, -0.15) is 5.10 Å². The molecule has 3 heterocycles. The second-order valence-electron chi connectivity index (χ2n) is 9.17. The van der Waals surface area contributed by atoms with Crippen LogP contribution < -0.4 is 0 Å². The Morgan fingerprint density at radius 1 is 1.18 bits per heavy atom. The highest BCUT2D eigenvalue weighted by molar-refractivity contribution is 6.03. The zero-order valence-corrected chi connectivity index (χ0v) is 20.1. The lowest BCUT2D eigenvalue weighted by Gasteiger charge is -2.32. The van der Waals surface area contributed by atoms with Crippen molar-refractivity contribution in [1.82, 2.24) is 14.5 Å². The van der Waals surface area contributed by atoms with Crippen molar-refractivity contribution < 1.29 is 14.3 Å². The van der Waals surface area contributed by atoms with Gasteiger partial charge in [0.15, 0.2) is 0 Å². The van der Waals surface area contributed by atoms with Crippen LogP contribution in [-0.4, -0.2) is 58.3 Å². The van der Waals surface area contributed by atoms with Crippen molar-refractivity contribution in [3.63, 3.8) is 0 Å². The van der Waals surface area contributed by atoms with E-state index in [0.717, 1.165) is 36.4 Å². The van der Waals surface area contributed by atoms with Crippen LogP contribution in [0.3, 0.4) is 0 Å². The number of aryl methyl sites for hydroxylation is 3. The number of hydrazone groups is 1. The van der Waals surface area contributed by atoms with Crippen molar-refractivity contribution >= 4 is 17.6 Å². The Morgan fingerprint density at radius 2 is 2.00 bits per heavy atom. The Bertz CT molecular complexity index is 1060. The average Bonchev–Trinajstić information content (AvgIpc) is 3.42. The third kappa shape index (κ3) is 5.03. The molecule has 0 saturated carbocycles. The highest BCUT2D eigenvalue weighted by Crippen LogP contribution is 2.33. The van der Waals surface area contributed by atoms with Crippen molar-refractivity contribution in [3.8, 4) is 0 Å².